The number of esters is 2. The van der Waals surface area contributed by atoms with Crippen molar-refractivity contribution < 1.29 is 28.7 Å². The summed E-state index contributed by atoms with van der Waals surface area (Å²) in [5, 5.41) is 4.83. The standard InChI is InChI=1S/C11H14N2O6/c1-6-10(16)13-7(11(17)12-6)5-19-9(15)4-3-8(14)18-2/h3-4,6-7H,5H2,1-2H3,(H,12,17)(H,13,16)/b4-3+/t6-,7-/m0/s1. The molecule has 1 rings (SSSR count). The van der Waals surface area contributed by atoms with Crippen molar-refractivity contribution in [1.29, 1.82) is 0 Å². The molecule has 0 aromatic carbocycles. The molecule has 0 spiro atoms. The summed E-state index contributed by atoms with van der Waals surface area (Å²) in [7, 11) is 1.17. The van der Waals surface area contributed by atoms with Gasteiger partial charge in [-0.15, -0.1) is 0 Å². The van der Waals surface area contributed by atoms with Gasteiger partial charge < -0.3 is 20.1 Å². The maximum atomic E-state index is 11.5. The van der Waals surface area contributed by atoms with E-state index in [0.29, 0.717) is 0 Å². The minimum atomic E-state index is -0.931. The maximum Gasteiger partial charge on any atom is 0.331 e. The predicted octanol–water partition coefficient (Wildman–Crippen LogP) is -1.74. The van der Waals surface area contributed by atoms with E-state index in [1.165, 1.54) is 14.0 Å². The lowest BCUT2D eigenvalue weighted by Gasteiger charge is -2.26. The van der Waals surface area contributed by atoms with Crippen LogP contribution in [0.15, 0.2) is 12.2 Å². The Bertz CT molecular complexity index is 431. The molecule has 8 nitrogen and oxygen atoms in total. The molecule has 0 saturated carbocycles. The second-order valence-electron chi connectivity index (χ2n) is 3.78. The summed E-state index contributed by atoms with van der Waals surface area (Å²) in [6.07, 6.45) is 1.76. The van der Waals surface area contributed by atoms with Gasteiger partial charge in [-0.3, -0.25) is 9.59 Å². The molecule has 0 aromatic rings. The van der Waals surface area contributed by atoms with Gasteiger partial charge in [0, 0.05) is 12.2 Å². The number of amides is 2. The Morgan fingerprint density at radius 1 is 1.16 bits per heavy atom. The fourth-order valence-corrected chi connectivity index (χ4v) is 1.28. The van der Waals surface area contributed by atoms with Gasteiger partial charge in [-0.1, -0.05) is 0 Å². The first-order chi connectivity index (χ1) is 8.93. The van der Waals surface area contributed by atoms with E-state index in [-0.39, 0.29) is 12.5 Å². The van der Waals surface area contributed by atoms with E-state index in [9.17, 15) is 19.2 Å². The van der Waals surface area contributed by atoms with Crippen LogP contribution in [-0.2, 0) is 28.7 Å². The highest BCUT2D eigenvalue weighted by Gasteiger charge is 2.31. The number of carbonyl (C=O) groups excluding carboxylic acids is 4. The molecule has 1 saturated heterocycles. The first-order valence-electron chi connectivity index (χ1n) is 5.47. The fraction of sp³-hybridized carbons (Fsp3) is 0.455. The van der Waals surface area contributed by atoms with E-state index in [1.807, 2.05) is 0 Å². The minimum Gasteiger partial charge on any atom is -0.466 e. The molecular weight excluding hydrogens is 256 g/mol. The van der Waals surface area contributed by atoms with Crippen LogP contribution < -0.4 is 10.6 Å². The van der Waals surface area contributed by atoms with Crippen LogP contribution >= 0.6 is 0 Å². The van der Waals surface area contributed by atoms with Gasteiger partial charge in [-0.2, -0.15) is 0 Å². The SMILES string of the molecule is COC(=O)/C=C/C(=O)OC[C@@H]1NC(=O)[C@H](C)NC1=O. The second-order valence-corrected chi connectivity index (χ2v) is 3.78. The van der Waals surface area contributed by atoms with E-state index in [4.69, 9.17) is 4.74 Å². The third-order valence-electron chi connectivity index (χ3n) is 2.33. The highest BCUT2D eigenvalue weighted by molar-refractivity contribution is 5.97. The zero-order valence-corrected chi connectivity index (χ0v) is 10.5. The Hall–Kier alpha value is -2.38. The van der Waals surface area contributed by atoms with Gasteiger partial charge in [0.2, 0.25) is 11.8 Å². The van der Waals surface area contributed by atoms with Crippen molar-refractivity contribution in [3.8, 4) is 0 Å². The number of rotatable bonds is 4. The molecule has 0 unspecified atom stereocenters. The highest BCUT2D eigenvalue weighted by atomic mass is 16.5. The van der Waals surface area contributed by atoms with Crippen LogP contribution in [0.4, 0.5) is 0 Å². The summed E-state index contributed by atoms with van der Waals surface area (Å²) in [5.41, 5.74) is 0. The van der Waals surface area contributed by atoms with E-state index in [2.05, 4.69) is 15.4 Å². The lowest BCUT2D eigenvalue weighted by atomic mass is 10.1. The number of carbonyl (C=O) groups is 4. The molecule has 1 heterocycles. The predicted molar refractivity (Wildman–Crippen MR) is 61.7 cm³/mol. The molecular formula is C11H14N2O6. The number of hydrogen-bond acceptors (Lipinski definition) is 6. The summed E-state index contributed by atoms with van der Waals surface area (Å²) in [4.78, 5) is 44.7. The Morgan fingerprint density at radius 2 is 1.79 bits per heavy atom. The normalized spacial score (nSPS) is 22.6. The summed E-state index contributed by atoms with van der Waals surface area (Å²) in [6.45, 7) is 1.23. The van der Waals surface area contributed by atoms with Crippen molar-refractivity contribution >= 4 is 23.8 Å². The van der Waals surface area contributed by atoms with Crippen LogP contribution in [0.25, 0.3) is 0 Å². The molecule has 0 bridgehead atoms. The maximum absolute atomic E-state index is 11.5. The van der Waals surface area contributed by atoms with Crippen LogP contribution in [-0.4, -0.2) is 49.6 Å². The van der Waals surface area contributed by atoms with Gasteiger partial charge in [0.25, 0.3) is 0 Å². The third-order valence-corrected chi connectivity index (χ3v) is 2.33. The molecule has 104 valence electrons. The lowest BCUT2D eigenvalue weighted by Crippen LogP contribution is -2.62. The van der Waals surface area contributed by atoms with E-state index in [0.717, 1.165) is 12.2 Å². The molecule has 8 heteroatoms. The number of nitrogens with one attached hydrogen (secondary N) is 2. The second kappa shape index (κ2) is 6.53. The van der Waals surface area contributed by atoms with Gasteiger partial charge in [0.1, 0.15) is 18.7 Å². The topological polar surface area (TPSA) is 111 Å². The quantitative estimate of drug-likeness (QED) is 0.463. The van der Waals surface area contributed by atoms with Crippen LogP contribution in [0.2, 0.25) is 0 Å². The largest absolute Gasteiger partial charge is 0.466 e. The molecule has 1 aliphatic heterocycles. The molecule has 2 atom stereocenters. The first-order valence-corrected chi connectivity index (χ1v) is 5.47. The fourth-order valence-electron chi connectivity index (χ4n) is 1.28. The molecule has 2 N–H and O–H groups in total. The summed E-state index contributed by atoms with van der Waals surface area (Å²) in [6, 6.07) is -1.54. The molecule has 1 aliphatic rings. The molecule has 19 heavy (non-hydrogen) atoms. The van der Waals surface area contributed by atoms with Gasteiger partial charge in [-0.25, -0.2) is 9.59 Å². The molecule has 2 amide bonds. The van der Waals surface area contributed by atoms with Crippen molar-refractivity contribution in [3.63, 3.8) is 0 Å². The smallest absolute Gasteiger partial charge is 0.331 e. The Balaban J connectivity index is 2.42. The zero-order valence-electron chi connectivity index (χ0n) is 10.5. The van der Waals surface area contributed by atoms with Crippen LogP contribution in [0, 0.1) is 0 Å². The lowest BCUT2D eigenvalue weighted by molar-refractivity contribution is -0.144. The van der Waals surface area contributed by atoms with Crippen LogP contribution in [0.5, 0.6) is 0 Å². The zero-order chi connectivity index (χ0) is 14.4. The summed E-state index contributed by atoms with van der Waals surface area (Å²) >= 11 is 0. The summed E-state index contributed by atoms with van der Waals surface area (Å²) < 4.78 is 9.00. The van der Waals surface area contributed by atoms with Crippen molar-refractivity contribution in [1.82, 2.24) is 10.6 Å². The van der Waals surface area contributed by atoms with Crippen molar-refractivity contribution in [2.45, 2.75) is 19.0 Å². The average molecular weight is 270 g/mol. The Morgan fingerprint density at radius 3 is 2.42 bits per heavy atom. The van der Waals surface area contributed by atoms with Crippen LogP contribution in [0.3, 0.4) is 0 Å². The number of hydrogen-bond donors (Lipinski definition) is 2. The minimum absolute atomic E-state index is 0.311. The van der Waals surface area contributed by atoms with Gasteiger partial charge in [-0.05, 0) is 6.92 Å². The summed E-state index contributed by atoms with van der Waals surface area (Å²) in [5.74, 6) is -2.30. The number of piperazine rings is 1. The van der Waals surface area contributed by atoms with Crippen molar-refractivity contribution in [2.75, 3.05) is 13.7 Å². The number of ether oxygens (including phenoxy) is 2. The van der Waals surface area contributed by atoms with Gasteiger partial charge >= 0.3 is 11.9 Å². The van der Waals surface area contributed by atoms with E-state index >= 15 is 0 Å². The van der Waals surface area contributed by atoms with Gasteiger partial charge in [0.15, 0.2) is 0 Å². The monoisotopic (exact) mass is 270 g/mol. The van der Waals surface area contributed by atoms with Crippen LogP contribution in [0.1, 0.15) is 6.92 Å². The average Bonchev–Trinajstić information content (AvgIpc) is 2.38. The van der Waals surface area contributed by atoms with E-state index < -0.39 is 29.9 Å². The van der Waals surface area contributed by atoms with E-state index in [1.54, 1.807) is 0 Å². The third kappa shape index (κ3) is 4.41. The van der Waals surface area contributed by atoms with Crippen molar-refractivity contribution in [2.24, 2.45) is 0 Å². The highest BCUT2D eigenvalue weighted by Crippen LogP contribution is 1.98. The molecule has 0 radical (unpaired) electrons. The number of methoxy groups -OCH3 is 1. The molecule has 0 aromatic heterocycles. The molecule has 1 fully saturated rings. The Kier molecular flexibility index (Phi) is 5.04. The Labute approximate surface area is 109 Å². The first kappa shape index (κ1) is 14.7. The van der Waals surface area contributed by atoms with Crippen molar-refractivity contribution in [3.05, 3.63) is 12.2 Å². The molecule has 0 aliphatic carbocycles. The van der Waals surface area contributed by atoms with Gasteiger partial charge in [0.05, 0.1) is 7.11 Å².